The van der Waals surface area contributed by atoms with Crippen LogP contribution in [0.3, 0.4) is 0 Å². The highest BCUT2D eigenvalue weighted by Crippen LogP contribution is 2.18. The zero-order valence-electron chi connectivity index (χ0n) is 14.8. The smallest absolute Gasteiger partial charge is 0.255 e. The number of hydrogen-bond acceptors (Lipinski definition) is 3. The number of carbonyl (C=O) groups is 2. The zero-order valence-corrected chi connectivity index (χ0v) is 14.8. The Balaban J connectivity index is 2.02. The molecule has 2 N–H and O–H groups in total. The van der Waals surface area contributed by atoms with E-state index in [1.165, 1.54) is 0 Å². The van der Waals surface area contributed by atoms with E-state index in [9.17, 15) is 9.59 Å². The van der Waals surface area contributed by atoms with Gasteiger partial charge in [0, 0.05) is 23.4 Å². The van der Waals surface area contributed by atoms with Crippen LogP contribution in [0.1, 0.15) is 44.0 Å². The van der Waals surface area contributed by atoms with E-state index in [0.717, 1.165) is 12.2 Å². The van der Waals surface area contributed by atoms with Crippen molar-refractivity contribution in [3.63, 3.8) is 0 Å². The number of amides is 2. The number of hydrogen-bond donors (Lipinski definition) is 2. The molecule has 2 aromatic rings. The van der Waals surface area contributed by atoms with Crippen LogP contribution in [0.15, 0.2) is 48.5 Å². The van der Waals surface area contributed by atoms with Crippen molar-refractivity contribution in [1.29, 1.82) is 0 Å². The molecular formula is C20H24N2O3. The van der Waals surface area contributed by atoms with Gasteiger partial charge in [0.05, 0.1) is 6.10 Å². The van der Waals surface area contributed by atoms with E-state index in [1.54, 1.807) is 55.5 Å². The van der Waals surface area contributed by atoms with Crippen LogP contribution in [0.4, 0.5) is 11.4 Å². The van der Waals surface area contributed by atoms with Crippen molar-refractivity contribution < 1.29 is 14.3 Å². The van der Waals surface area contributed by atoms with Gasteiger partial charge in [-0.3, -0.25) is 9.59 Å². The molecule has 0 saturated heterocycles. The first-order valence-corrected chi connectivity index (χ1v) is 8.49. The van der Waals surface area contributed by atoms with Crippen LogP contribution in [0.5, 0.6) is 5.75 Å². The quantitative estimate of drug-likeness (QED) is 0.782. The van der Waals surface area contributed by atoms with Crippen molar-refractivity contribution in [2.75, 3.05) is 10.6 Å². The van der Waals surface area contributed by atoms with Gasteiger partial charge in [-0.25, -0.2) is 0 Å². The number of ether oxygens (including phenoxy) is 1. The number of anilines is 2. The summed E-state index contributed by atoms with van der Waals surface area (Å²) in [5.41, 5.74) is 1.82. The van der Waals surface area contributed by atoms with E-state index < -0.39 is 0 Å². The maximum absolute atomic E-state index is 12.4. The van der Waals surface area contributed by atoms with Gasteiger partial charge in [0.25, 0.3) is 5.91 Å². The Kier molecular flexibility index (Phi) is 6.57. The average molecular weight is 340 g/mol. The Bertz CT molecular complexity index is 726. The van der Waals surface area contributed by atoms with E-state index in [1.807, 2.05) is 6.92 Å². The van der Waals surface area contributed by atoms with Gasteiger partial charge in [0.1, 0.15) is 5.75 Å². The molecule has 0 fully saturated rings. The minimum Gasteiger partial charge on any atom is -0.491 e. The summed E-state index contributed by atoms with van der Waals surface area (Å²) in [6.07, 6.45) is 1.47. The molecular weight excluding hydrogens is 316 g/mol. The predicted molar refractivity (Wildman–Crippen MR) is 100 cm³/mol. The molecule has 1 unspecified atom stereocenters. The summed E-state index contributed by atoms with van der Waals surface area (Å²) in [5.74, 6) is 0.463. The third kappa shape index (κ3) is 5.64. The van der Waals surface area contributed by atoms with Crippen molar-refractivity contribution >= 4 is 23.2 Å². The van der Waals surface area contributed by atoms with Crippen LogP contribution in [-0.4, -0.2) is 17.9 Å². The molecule has 2 rings (SSSR count). The van der Waals surface area contributed by atoms with Crippen molar-refractivity contribution in [2.24, 2.45) is 0 Å². The molecule has 0 aliphatic rings. The highest BCUT2D eigenvalue weighted by molar-refractivity contribution is 6.04. The van der Waals surface area contributed by atoms with Crippen LogP contribution >= 0.6 is 0 Å². The molecule has 25 heavy (non-hydrogen) atoms. The van der Waals surface area contributed by atoms with E-state index >= 15 is 0 Å². The molecule has 0 heterocycles. The zero-order chi connectivity index (χ0) is 18.2. The first kappa shape index (κ1) is 18.5. The molecule has 0 aromatic heterocycles. The third-order valence-corrected chi connectivity index (χ3v) is 3.75. The Labute approximate surface area is 148 Å². The molecule has 0 radical (unpaired) electrons. The number of benzene rings is 2. The second-order valence-corrected chi connectivity index (χ2v) is 5.80. The molecule has 0 spiro atoms. The Morgan fingerprint density at radius 3 is 2.24 bits per heavy atom. The van der Waals surface area contributed by atoms with Crippen LogP contribution in [-0.2, 0) is 4.79 Å². The summed E-state index contributed by atoms with van der Waals surface area (Å²) in [4.78, 5) is 23.8. The van der Waals surface area contributed by atoms with Crippen molar-refractivity contribution in [2.45, 2.75) is 39.7 Å². The van der Waals surface area contributed by atoms with E-state index in [4.69, 9.17) is 4.74 Å². The second-order valence-electron chi connectivity index (χ2n) is 5.80. The van der Waals surface area contributed by atoms with Gasteiger partial charge >= 0.3 is 0 Å². The normalized spacial score (nSPS) is 11.5. The number of rotatable bonds is 7. The van der Waals surface area contributed by atoms with Crippen LogP contribution in [0, 0.1) is 0 Å². The Morgan fingerprint density at radius 2 is 1.64 bits per heavy atom. The van der Waals surface area contributed by atoms with Crippen molar-refractivity contribution in [1.82, 2.24) is 0 Å². The summed E-state index contributed by atoms with van der Waals surface area (Å²) in [6.45, 7) is 5.85. The summed E-state index contributed by atoms with van der Waals surface area (Å²) in [7, 11) is 0. The maximum Gasteiger partial charge on any atom is 0.255 e. The highest BCUT2D eigenvalue weighted by Gasteiger charge is 2.08. The molecule has 1 atom stereocenters. The minimum absolute atomic E-state index is 0.0691. The third-order valence-electron chi connectivity index (χ3n) is 3.75. The van der Waals surface area contributed by atoms with Crippen molar-refractivity contribution in [3.05, 3.63) is 54.1 Å². The fourth-order valence-corrected chi connectivity index (χ4v) is 2.13. The lowest BCUT2D eigenvalue weighted by Gasteiger charge is -2.13. The van der Waals surface area contributed by atoms with Crippen LogP contribution in [0.2, 0.25) is 0 Å². The standard InChI is InChI=1S/C20H24N2O3/c1-4-14(3)25-18-11-9-15(10-12-18)20(24)22-17-8-6-7-16(13-17)21-19(23)5-2/h6-14H,4-5H2,1-3H3,(H,21,23)(H,22,24). The first-order chi connectivity index (χ1) is 12.0. The lowest BCUT2D eigenvalue weighted by atomic mass is 10.2. The molecule has 5 heteroatoms. The number of nitrogens with one attached hydrogen (secondary N) is 2. The summed E-state index contributed by atoms with van der Waals surface area (Å²) < 4.78 is 5.71. The molecule has 132 valence electrons. The summed E-state index contributed by atoms with van der Waals surface area (Å²) in [6, 6.07) is 14.1. The summed E-state index contributed by atoms with van der Waals surface area (Å²) >= 11 is 0. The molecule has 0 aliphatic heterocycles. The van der Waals surface area contributed by atoms with Crippen LogP contribution < -0.4 is 15.4 Å². The van der Waals surface area contributed by atoms with Crippen LogP contribution in [0.25, 0.3) is 0 Å². The lowest BCUT2D eigenvalue weighted by Crippen LogP contribution is -2.13. The van der Waals surface area contributed by atoms with Gasteiger partial charge in [-0.15, -0.1) is 0 Å². The topological polar surface area (TPSA) is 67.4 Å². The number of carbonyl (C=O) groups excluding carboxylic acids is 2. The molecule has 0 saturated carbocycles. The molecule has 0 bridgehead atoms. The maximum atomic E-state index is 12.4. The van der Waals surface area contributed by atoms with Gasteiger partial charge in [-0.2, -0.15) is 0 Å². The van der Waals surface area contributed by atoms with Gasteiger partial charge in [-0.1, -0.05) is 19.9 Å². The highest BCUT2D eigenvalue weighted by atomic mass is 16.5. The molecule has 2 amide bonds. The second kappa shape index (κ2) is 8.87. The van der Waals surface area contributed by atoms with Gasteiger partial charge in [0.2, 0.25) is 5.91 Å². The minimum atomic E-state index is -0.214. The monoisotopic (exact) mass is 340 g/mol. The lowest BCUT2D eigenvalue weighted by molar-refractivity contribution is -0.115. The SMILES string of the molecule is CCC(=O)Nc1cccc(NC(=O)c2ccc(OC(C)CC)cc2)c1. The van der Waals surface area contributed by atoms with E-state index in [2.05, 4.69) is 17.6 Å². The fraction of sp³-hybridized carbons (Fsp3) is 0.300. The summed E-state index contributed by atoms with van der Waals surface area (Å²) in [5, 5.41) is 5.60. The Hall–Kier alpha value is -2.82. The molecule has 5 nitrogen and oxygen atoms in total. The molecule has 0 aliphatic carbocycles. The fourth-order valence-electron chi connectivity index (χ4n) is 2.13. The van der Waals surface area contributed by atoms with E-state index in [0.29, 0.717) is 23.4 Å². The first-order valence-electron chi connectivity index (χ1n) is 8.49. The van der Waals surface area contributed by atoms with Crippen molar-refractivity contribution in [3.8, 4) is 5.75 Å². The largest absolute Gasteiger partial charge is 0.491 e. The van der Waals surface area contributed by atoms with E-state index in [-0.39, 0.29) is 17.9 Å². The van der Waals surface area contributed by atoms with Gasteiger partial charge in [0.15, 0.2) is 0 Å². The Morgan fingerprint density at radius 1 is 1.00 bits per heavy atom. The average Bonchev–Trinajstić information content (AvgIpc) is 2.62. The predicted octanol–water partition coefficient (Wildman–Crippen LogP) is 4.46. The van der Waals surface area contributed by atoms with Gasteiger partial charge < -0.3 is 15.4 Å². The molecule has 2 aromatic carbocycles. The van der Waals surface area contributed by atoms with Gasteiger partial charge in [-0.05, 0) is 55.8 Å².